The van der Waals surface area contributed by atoms with Crippen molar-refractivity contribution in [3.05, 3.63) is 16.6 Å². The number of hydrogen-bond donors (Lipinski definition) is 2. The zero-order chi connectivity index (χ0) is 11.2. The van der Waals surface area contributed by atoms with Crippen LogP contribution in [0.2, 0.25) is 0 Å². The van der Waals surface area contributed by atoms with Crippen LogP contribution in [-0.2, 0) is 6.42 Å². The predicted molar refractivity (Wildman–Crippen MR) is 68.9 cm³/mol. The van der Waals surface area contributed by atoms with Gasteiger partial charge in [-0.05, 0) is 38.8 Å². The maximum atomic E-state index is 4.28. The molecule has 0 amide bonds. The van der Waals surface area contributed by atoms with Gasteiger partial charge >= 0.3 is 0 Å². The molecule has 1 aromatic rings. The molecule has 2 N–H and O–H groups in total. The van der Waals surface area contributed by atoms with E-state index in [9.17, 15) is 0 Å². The summed E-state index contributed by atoms with van der Waals surface area (Å²) in [4.78, 5) is 4.28. The lowest BCUT2D eigenvalue weighted by Crippen LogP contribution is -2.39. The van der Waals surface area contributed by atoms with Crippen LogP contribution in [0.15, 0.2) is 10.9 Å². The molecule has 0 radical (unpaired) electrons. The second-order valence-corrected chi connectivity index (χ2v) is 5.40. The third-order valence-electron chi connectivity index (χ3n) is 3.21. The molecule has 0 spiro atoms. The Morgan fingerprint density at radius 3 is 3.31 bits per heavy atom. The van der Waals surface area contributed by atoms with Gasteiger partial charge < -0.3 is 10.6 Å². The first-order valence-electron chi connectivity index (χ1n) is 6.16. The molecule has 3 nitrogen and oxygen atoms in total. The van der Waals surface area contributed by atoms with E-state index in [1.807, 2.05) is 5.51 Å². The zero-order valence-corrected chi connectivity index (χ0v) is 10.7. The lowest BCUT2D eigenvalue weighted by Gasteiger charge is -2.28. The van der Waals surface area contributed by atoms with Gasteiger partial charge in [0, 0.05) is 24.4 Å². The standard InChI is InChI=1S/C12H21N3S/c1-10-6-11(2-5-14-10)7-13-4-3-12-8-16-9-15-12/h8-11,13-14H,2-7H2,1H3. The summed E-state index contributed by atoms with van der Waals surface area (Å²) in [5.41, 5.74) is 3.13. The van der Waals surface area contributed by atoms with Gasteiger partial charge in [-0.3, -0.25) is 0 Å². The molecule has 0 bridgehead atoms. The second-order valence-electron chi connectivity index (χ2n) is 4.68. The minimum atomic E-state index is 0.694. The quantitative estimate of drug-likeness (QED) is 0.767. The van der Waals surface area contributed by atoms with E-state index in [1.165, 1.54) is 25.1 Å². The fourth-order valence-corrected chi connectivity index (χ4v) is 2.90. The van der Waals surface area contributed by atoms with Gasteiger partial charge in [0.15, 0.2) is 0 Å². The summed E-state index contributed by atoms with van der Waals surface area (Å²) in [6.07, 6.45) is 3.68. The Bertz CT molecular complexity index is 286. The monoisotopic (exact) mass is 239 g/mol. The minimum absolute atomic E-state index is 0.694. The SMILES string of the molecule is CC1CC(CNCCc2cscn2)CCN1. The molecule has 1 aromatic heterocycles. The highest BCUT2D eigenvalue weighted by Crippen LogP contribution is 2.14. The Morgan fingerprint density at radius 1 is 1.62 bits per heavy atom. The molecule has 16 heavy (non-hydrogen) atoms. The maximum Gasteiger partial charge on any atom is 0.0794 e. The Labute approximate surface area is 102 Å². The van der Waals surface area contributed by atoms with Crippen LogP contribution in [-0.4, -0.2) is 30.7 Å². The molecule has 2 atom stereocenters. The van der Waals surface area contributed by atoms with Crippen molar-refractivity contribution in [1.29, 1.82) is 0 Å². The van der Waals surface area contributed by atoms with Gasteiger partial charge in [0.2, 0.25) is 0 Å². The number of nitrogens with one attached hydrogen (secondary N) is 2. The van der Waals surface area contributed by atoms with Crippen LogP contribution in [0, 0.1) is 5.92 Å². The van der Waals surface area contributed by atoms with Gasteiger partial charge in [-0.1, -0.05) is 0 Å². The molecule has 2 heterocycles. The summed E-state index contributed by atoms with van der Waals surface area (Å²) in [6, 6.07) is 0.694. The highest BCUT2D eigenvalue weighted by atomic mass is 32.1. The topological polar surface area (TPSA) is 37.0 Å². The molecule has 2 rings (SSSR count). The first-order valence-corrected chi connectivity index (χ1v) is 7.10. The van der Waals surface area contributed by atoms with Crippen LogP contribution < -0.4 is 10.6 Å². The molecule has 90 valence electrons. The normalized spacial score (nSPS) is 25.8. The summed E-state index contributed by atoms with van der Waals surface area (Å²) < 4.78 is 0. The van der Waals surface area contributed by atoms with Gasteiger partial charge in [0.1, 0.15) is 0 Å². The Hall–Kier alpha value is -0.450. The molecule has 1 fully saturated rings. The van der Waals surface area contributed by atoms with Crippen molar-refractivity contribution in [3.8, 4) is 0 Å². The van der Waals surface area contributed by atoms with Crippen LogP contribution in [0.25, 0.3) is 0 Å². The number of hydrogen-bond acceptors (Lipinski definition) is 4. The fourth-order valence-electron chi connectivity index (χ4n) is 2.30. The first-order chi connectivity index (χ1) is 7.84. The number of aromatic nitrogens is 1. The summed E-state index contributed by atoms with van der Waals surface area (Å²) in [6.45, 7) is 5.68. The van der Waals surface area contributed by atoms with Gasteiger partial charge in [0.05, 0.1) is 11.2 Å². The van der Waals surface area contributed by atoms with Crippen LogP contribution in [0.3, 0.4) is 0 Å². The highest BCUT2D eigenvalue weighted by molar-refractivity contribution is 7.07. The molecule has 0 aromatic carbocycles. The third kappa shape index (κ3) is 3.85. The van der Waals surface area contributed by atoms with E-state index < -0.39 is 0 Å². The predicted octanol–water partition coefficient (Wildman–Crippen LogP) is 1.66. The van der Waals surface area contributed by atoms with Gasteiger partial charge in [-0.2, -0.15) is 0 Å². The lowest BCUT2D eigenvalue weighted by atomic mass is 9.93. The Morgan fingerprint density at radius 2 is 2.56 bits per heavy atom. The Balaban J connectivity index is 1.57. The van der Waals surface area contributed by atoms with Gasteiger partial charge in [0.25, 0.3) is 0 Å². The highest BCUT2D eigenvalue weighted by Gasteiger charge is 2.17. The molecule has 4 heteroatoms. The van der Waals surface area contributed by atoms with Crippen molar-refractivity contribution in [2.24, 2.45) is 5.92 Å². The van der Waals surface area contributed by atoms with Crippen molar-refractivity contribution in [3.63, 3.8) is 0 Å². The van der Waals surface area contributed by atoms with E-state index in [0.29, 0.717) is 6.04 Å². The van der Waals surface area contributed by atoms with Crippen LogP contribution in [0.1, 0.15) is 25.5 Å². The average Bonchev–Trinajstić information content (AvgIpc) is 2.77. The van der Waals surface area contributed by atoms with Crippen LogP contribution >= 0.6 is 11.3 Å². The number of nitrogens with zero attached hydrogens (tertiary/aromatic N) is 1. The molecule has 2 unspecified atom stereocenters. The number of rotatable bonds is 5. The first kappa shape index (κ1) is 12.0. The minimum Gasteiger partial charge on any atom is -0.316 e. The van der Waals surface area contributed by atoms with Crippen molar-refractivity contribution in [2.45, 2.75) is 32.2 Å². The number of thiazole rings is 1. The molecular weight excluding hydrogens is 218 g/mol. The third-order valence-corrected chi connectivity index (χ3v) is 3.84. The van der Waals surface area contributed by atoms with Gasteiger partial charge in [-0.25, -0.2) is 4.98 Å². The summed E-state index contributed by atoms with van der Waals surface area (Å²) in [5, 5.41) is 9.17. The summed E-state index contributed by atoms with van der Waals surface area (Å²) in [5.74, 6) is 0.853. The van der Waals surface area contributed by atoms with Crippen molar-refractivity contribution < 1.29 is 0 Å². The van der Waals surface area contributed by atoms with Crippen LogP contribution in [0.5, 0.6) is 0 Å². The Kier molecular flexibility index (Phi) is 4.75. The molecule has 0 aliphatic carbocycles. The smallest absolute Gasteiger partial charge is 0.0794 e. The average molecular weight is 239 g/mol. The van der Waals surface area contributed by atoms with E-state index in [4.69, 9.17) is 0 Å². The zero-order valence-electron chi connectivity index (χ0n) is 9.91. The molecule has 1 aliphatic rings. The molecule has 1 saturated heterocycles. The van der Waals surface area contributed by atoms with E-state index in [-0.39, 0.29) is 0 Å². The molecule has 1 aliphatic heterocycles. The lowest BCUT2D eigenvalue weighted by molar-refractivity contribution is 0.305. The van der Waals surface area contributed by atoms with E-state index >= 15 is 0 Å². The second kappa shape index (κ2) is 6.33. The van der Waals surface area contributed by atoms with Crippen molar-refractivity contribution in [2.75, 3.05) is 19.6 Å². The van der Waals surface area contributed by atoms with Gasteiger partial charge in [-0.15, -0.1) is 11.3 Å². The van der Waals surface area contributed by atoms with Crippen molar-refractivity contribution in [1.82, 2.24) is 15.6 Å². The van der Waals surface area contributed by atoms with Crippen molar-refractivity contribution >= 4 is 11.3 Å². The van der Waals surface area contributed by atoms with E-state index in [1.54, 1.807) is 11.3 Å². The van der Waals surface area contributed by atoms with Crippen LogP contribution in [0.4, 0.5) is 0 Å². The fraction of sp³-hybridized carbons (Fsp3) is 0.750. The van der Waals surface area contributed by atoms with E-state index in [0.717, 1.165) is 25.4 Å². The number of piperidine rings is 1. The summed E-state index contributed by atoms with van der Waals surface area (Å²) in [7, 11) is 0. The molecule has 0 saturated carbocycles. The van der Waals surface area contributed by atoms with E-state index in [2.05, 4.69) is 27.9 Å². The maximum absolute atomic E-state index is 4.28. The molecular formula is C12H21N3S. The summed E-state index contributed by atoms with van der Waals surface area (Å²) >= 11 is 1.68. The largest absolute Gasteiger partial charge is 0.316 e.